The van der Waals surface area contributed by atoms with Crippen molar-refractivity contribution in [1.82, 2.24) is 19.9 Å². The summed E-state index contributed by atoms with van der Waals surface area (Å²) >= 11 is 0. The van der Waals surface area contributed by atoms with Crippen molar-refractivity contribution in [3.63, 3.8) is 0 Å². The van der Waals surface area contributed by atoms with Crippen LogP contribution in [0.4, 0.5) is 0 Å². The van der Waals surface area contributed by atoms with Gasteiger partial charge in [0, 0.05) is 31.0 Å². The average Bonchev–Trinajstić information content (AvgIpc) is 3.20. The van der Waals surface area contributed by atoms with Crippen LogP contribution in [0.1, 0.15) is 24.2 Å². The fourth-order valence-electron chi connectivity index (χ4n) is 2.41. The predicted octanol–water partition coefficient (Wildman–Crippen LogP) is 2.08. The number of pyridine rings is 1. The molecule has 120 valence electrons. The van der Waals surface area contributed by atoms with Crippen molar-refractivity contribution >= 4 is 11.4 Å². The number of aliphatic hydroxyl groups is 1. The van der Waals surface area contributed by atoms with Crippen molar-refractivity contribution in [2.75, 3.05) is 13.2 Å². The third-order valence-electron chi connectivity index (χ3n) is 3.85. The quantitative estimate of drug-likeness (QED) is 0.674. The van der Waals surface area contributed by atoms with E-state index in [0.29, 0.717) is 12.1 Å². The number of hydrogen-bond donors (Lipinski definition) is 3. The number of amides is 1. The smallest absolute Gasteiger partial charge is 0.253 e. The summed E-state index contributed by atoms with van der Waals surface area (Å²) in [6.07, 6.45) is 3.60. The average molecular weight is 312 g/mol. The first-order valence-electron chi connectivity index (χ1n) is 7.51. The van der Waals surface area contributed by atoms with Gasteiger partial charge in [0.25, 0.3) is 5.91 Å². The lowest BCUT2D eigenvalue weighted by Gasteiger charge is -2.21. The van der Waals surface area contributed by atoms with E-state index >= 15 is 0 Å². The van der Waals surface area contributed by atoms with E-state index in [0.717, 1.165) is 16.9 Å². The van der Waals surface area contributed by atoms with Crippen molar-refractivity contribution in [1.29, 1.82) is 0 Å². The van der Waals surface area contributed by atoms with Crippen LogP contribution in [0.25, 0.3) is 16.9 Å². The maximum Gasteiger partial charge on any atom is 0.253 e. The number of rotatable bonds is 5. The van der Waals surface area contributed by atoms with Crippen LogP contribution in [-0.2, 0) is 0 Å². The number of nitrogens with one attached hydrogen (secondary N) is 2. The summed E-state index contributed by atoms with van der Waals surface area (Å²) in [6.45, 7) is 4.23. The van der Waals surface area contributed by atoms with E-state index in [1.54, 1.807) is 6.20 Å². The number of aromatic nitrogens is 3. The monoisotopic (exact) mass is 312 g/mol. The second-order valence-corrected chi connectivity index (χ2v) is 6.37. The van der Waals surface area contributed by atoms with Crippen LogP contribution in [0.2, 0.25) is 0 Å². The highest BCUT2D eigenvalue weighted by Crippen LogP contribution is 2.25. The van der Waals surface area contributed by atoms with Crippen molar-refractivity contribution in [3.05, 3.63) is 48.3 Å². The molecule has 0 atom stereocenters. The molecule has 0 radical (unpaired) electrons. The maximum absolute atomic E-state index is 12.6. The number of fused-ring (bicyclic) bond motifs is 1. The maximum atomic E-state index is 12.6. The van der Waals surface area contributed by atoms with Crippen LogP contribution in [-0.4, -0.2) is 38.8 Å². The zero-order valence-corrected chi connectivity index (χ0v) is 13.2. The molecule has 3 heterocycles. The summed E-state index contributed by atoms with van der Waals surface area (Å²) in [7, 11) is 0. The molecule has 3 aromatic rings. The molecule has 0 aliphatic carbocycles. The van der Waals surface area contributed by atoms with E-state index < -0.39 is 0 Å². The summed E-state index contributed by atoms with van der Waals surface area (Å²) in [6, 6.07) is 9.45. The number of H-pyrrole nitrogens is 1. The van der Waals surface area contributed by atoms with Gasteiger partial charge in [-0.05, 0) is 24.3 Å². The van der Waals surface area contributed by atoms with Crippen LogP contribution in [0.3, 0.4) is 0 Å². The topological polar surface area (TPSA) is 82.4 Å². The molecule has 6 heteroatoms. The molecule has 23 heavy (non-hydrogen) atoms. The summed E-state index contributed by atoms with van der Waals surface area (Å²) in [5.74, 6) is -0.152. The predicted molar refractivity (Wildman–Crippen MR) is 88.2 cm³/mol. The van der Waals surface area contributed by atoms with Gasteiger partial charge in [-0.15, -0.1) is 0 Å². The molecule has 0 aromatic carbocycles. The van der Waals surface area contributed by atoms with Crippen molar-refractivity contribution in [3.8, 4) is 11.4 Å². The van der Waals surface area contributed by atoms with Gasteiger partial charge < -0.3 is 14.8 Å². The molecule has 0 aliphatic heterocycles. The van der Waals surface area contributed by atoms with Gasteiger partial charge >= 0.3 is 0 Å². The van der Waals surface area contributed by atoms with Gasteiger partial charge in [0.15, 0.2) is 0 Å². The number of carbonyl (C=O) groups is 1. The lowest BCUT2D eigenvalue weighted by molar-refractivity contribution is 0.0913. The largest absolute Gasteiger partial charge is 0.396 e. The Morgan fingerprint density at radius 3 is 2.91 bits per heavy atom. The van der Waals surface area contributed by atoms with E-state index in [1.165, 1.54) is 0 Å². The Labute approximate surface area is 134 Å². The molecule has 3 rings (SSSR count). The number of nitrogens with zero attached hydrogens (tertiary/aromatic N) is 2. The van der Waals surface area contributed by atoms with Gasteiger partial charge in [0.05, 0.1) is 22.5 Å². The van der Waals surface area contributed by atoms with E-state index in [9.17, 15) is 9.90 Å². The molecular weight excluding hydrogens is 292 g/mol. The van der Waals surface area contributed by atoms with E-state index in [4.69, 9.17) is 0 Å². The van der Waals surface area contributed by atoms with E-state index in [1.807, 2.05) is 54.8 Å². The summed E-state index contributed by atoms with van der Waals surface area (Å²) in [5.41, 5.74) is 2.81. The molecule has 0 bridgehead atoms. The van der Waals surface area contributed by atoms with Crippen molar-refractivity contribution in [2.45, 2.75) is 13.8 Å². The summed E-state index contributed by atoms with van der Waals surface area (Å²) in [4.78, 5) is 12.6. The first-order valence-corrected chi connectivity index (χ1v) is 7.51. The van der Waals surface area contributed by atoms with Gasteiger partial charge in [-0.2, -0.15) is 5.10 Å². The molecular formula is C17H20N4O2. The standard InChI is InChI=1S/C17H20N4O2/c1-17(2,11-22)10-18-16(23)12-9-15(13-6-7-19-20-13)21-8-4-3-5-14(12)21/h3-9,22H,10-11H2,1-2H3,(H,18,23)(H,19,20). The van der Waals surface area contributed by atoms with E-state index in [2.05, 4.69) is 15.5 Å². The van der Waals surface area contributed by atoms with Gasteiger partial charge in [0.1, 0.15) is 0 Å². The lowest BCUT2D eigenvalue weighted by Crippen LogP contribution is -2.36. The van der Waals surface area contributed by atoms with Crippen molar-refractivity contribution < 1.29 is 9.90 Å². The zero-order valence-electron chi connectivity index (χ0n) is 13.2. The highest BCUT2D eigenvalue weighted by molar-refractivity contribution is 6.02. The Kier molecular flexibility index (Phi) is 3.92. The molecule has 1 amide bonds. The fraction of sp³-hybridized carbons (Fsp3) is 0.294. The van der Waals surface area contributed by atoms with E-state index in [-0.39, 0.29) is 17.9 Å². The third-order valence-corrected chi connectivity index (χ3v) is 3.85. The van der Waals surface area contributed by atoms with Gasteiger partial charge in [0.2, 0.25) is 0 Å². The lowest BCUT2D eigenvalue weighted by atomic mass is 9.95. The summed E-state index contributed by atoms with van der Waals surface area (Å²) in [5, 5.41) is 19.1. The Hall–Kier alpha value is -2.60. The van der Waals surface area contributed by atoms with Crippen LogP contribution in [0, 0.1) is 5.41 Å². The van der Waals surface area contributed by atoms with Gasteiger partial charge in [-0.25, -0.2) is 0 Å². The van der Waals surface area contributed by atoms with Gasteiger partial charge in [-0.1, -0.05) is 19.9 Å². The zero-order chi connectivity index (χ0) is 16.4. The fourth-order valence-corrected chi connectivity index (χ4v) is 2.41. The Morgan fingerprint density at radius 1 is 1.39 bits per heavy atom. The number of aromatic amines is 1. The molecule has 6 nitrogen and oxygen atoms in total. The molecule has 0 saturated heterocycles. The SMILES string of the molecule is CC(C)(CO)CNC(=O)c1cc(-c2ccn[nH]2)n2ccccc12. The second-order valence-electron chi connectivity index (χ2n) is 6.37. The highest BCUT2D eigenvalue weighted by atomic mass is 16.3. The van der Waals surface area contributed by atoms with Gasteiger partial charge in [-0.3, -0.25) is 9.89 Å². The Bertz CT molecular complexity index is 818. The van der Waals surface area contributed by atoms with Crippen LogP contribution < -0.4 is 5.32 Å². The van der Waals surface area contributed by atoms with Crippen LogP contribution in [0.5, 0.6) is 0 Å². The molecule has 0 spiro atoms. The molecule has 0 fully saturated rings. The summed E-state index contributed by atoms with van der Waals surface area (Å²) < 4.78 is 1.96. The molecule has 0 saturated carbocycles. The first kappa shape index (κ1) is 15.3. The minimum absolute atomic E-state index is 0.0170. The minimum Gasteiger partial charge on any atom is -0.396 e. The number of hydrogen-bond acceptors (Lipinski definition) is 3. The number of aliphatic hydroxyl groups excluding tert-OH is 1. The minimum atomic E-state index is -0.350. The molecule has 0 unspecified atom stereocenters. The molecule has 3 N–H and O–H groups in total. The molecule has 3 aromatic heterocycles. The Balaban J connectivity index is 1.97. The molecule has 0 aliphatic rings. The third kappa shape index (κ3) is 2.98. The highest BCUT2D eigenvalue weighted by Gasteiger charge is 2.21. The first-order chi connectivity index (χ1) is 11.0. The number of carbonyl (C=O) groups excluding carboxylic acids is 1. The Morgan fingerprint density at radius 2 is 2.22 bits per heavy atom. The normalized spacial score (nSPS) is 11.8. The second kappa shape index (κ2) is 5.89. The van der Waals surface area contributed by atoms with Crippen LogP contribution in [0.15, 0.2) is 42.7 Å². The van der Waals surface area contributed by atoms with Crippen LogP contribution >= 0.6 is 0 Å². The van der Waals surface area contributed by atoms with Crippen molar-refractivity contribution in [2.24, 2.45) is 5.41 Å².